The summed E-state index contributed by atoms with van der Waals surface area (Å²) in [6.45, 7) is 2.70. The van der Waals surface area contributed by atoms with Crippen LogP contribution in [0.4, 0.5) is 0 Å². The lowest BCUT2D eigenvalue weighted by molar-refractivity contribution is 0.0671. The molecule has 0 bridgehead atoms. The number of carbonyl (C=O) groups is 1. The average Bonchev–Trinajstić information content (AvgIpc) is 3.19. The van der Waals surface area contributed by atoms with Crippen LogP contribution < -0.4 is 0 Å². The van der Waals surface area contributed by atoms with Crippen LogP contribution in [0.15, 0.2) is 79.1 Å². The van der Waals surface area contributed by atoms with Gasteiger partial charge in [-0.05, 0) is 30.5 Å². The highest BCUT2D eigenvalue weighted by Gasteiger charge is 2.31. The molecular formula is C25H22N4O. The molecule has 2 aromatic heterocycles. The Morgan fingerprint density at radius 2 is 1.77 bits per heavy atom. The van der Waals surface area contributed by atoms with Crippen molar-refractivity contribution in [1.29, 1.82) is 0 Å². The van der Waals surface area contributed by atoms with Crippen LogP contribution in [0.1, 0.15) is 40.1 Å². The zero-order chi connectivity index (χ0) is 20.9. The first kappa shape index (κ1) is 19.4. The molecule has 0 spiro atoms. The molecule has 0 saturated heterocycles. The molecule has 5 nitrogen and oxygen atoms in total. The van der Waals surface area contributed by atoms with Crippen LogP contribution in [0.2, 0.25) is 0 Å². The first-order chi connectivity index (χ1) is 14.7. The standard InChI is InChI=1S/C19H16N4O.C6H6/c1-3-15-17(21-23-11-6-10-20-18(15)23)19(24)22-12-9-14-7-4-5-8-16(14)13(22)2;1-2-4-6-5-3-1/h1,4-8,10-11,13H,9,12H2,2H3;1-6H. The zero-order valence-electron chi connectivity index (χ0n) is 16.8. The van der Waals surface area contributed by atoms with Gasteiger partial charge in [-0.1, -0.05) is 66.6 Å². The molecule has 148 valence electrons. The first-order valence-corrected chi connectivity index (χ1v) is 9.89. The van der Waals surface area contributed by atoms with E-state index in [0.717, 1.165) is 6.42 Å². The van der Waals surface area contributed by atoms with Gasteiger partial charge in [-0.3, -0.25) is 4.79 Å². The molecule has 2 aromatic carbocycles. The van der Waals surface area contributed by atoms with E-state index >= 15 is 0 Å². The summed E-state index contributed by atoms with van der Waals surface area (Å²) in [6.07, 6.45) is 9.85. The monoisotopic (exact) mass is 394 g/mol. The van der Waals surface area contributed by atoms with Crippen LogP contribution in [-0.4, -0.2) is 31.9 Å². The van der Waals surface area contributed by atoms with Gasteiger partial charge in [0.2, 0.25) is 0 Å². The van der Waals surface area contributed by atoms with E-state index < -0.39 is 0 Å². The highest BCUT2D eigenvalue weighted by atomic mass is 16.2. The third-order valence-corrected chi connectivity index (χ3v) is 5.26. The van der Waals surface area contributed by atoms with Crippen LogP contribution >= 0.6 is 0 Å². The number of terminal acetylenes is 1. The highest BCUT2D eigenvalue weighted by Crippen LogP contribution is 2.30. The number of hydrogen-bond acceptors (Lipinski definition) is 3. The Balaban J connectivity index is 0.000000313. The second kappa shape index (κ2) is 8.62. The van der Waals surface area contributed by atoms with E-state index in [9.17, 15) is 4.79 Å². The van der Waals surface area contributed by atoms with Crippen molar-refractivity contribution in [1.82, 2.24) is 19.5 Å². The summed E-state index contributed by atoms with van der Waals surface area (Å²) in [5, 5.41) is 4.37. The second-order valence-electron chi connectivity index (χ2n) is 7.03. The van der Waals surface area contributed by atoms with Gasteiger partial charge in [-0.25, -0.2) is 9.50 Å². The molecule has 30 heavy (non-hydrogen) atoms. The van der Waals surface area contributed by atoms with E-state index in [-0.39, 0.29) is 11.9 Å². The molecule has 1 amide bonds. The number of amides is 1. The Bertz CT molecular complexity index is 1180. The topological polar surface area (TPSA) is 50.5 Å². The maximum atomic E-state index is 13.1. The van der Waals surface area contributed by atoms with Gasteiger partial charge in [0.25, 0.3) is 5.91 Å². The van der Waals surface area contributed by atoms with Crippen molar-refractivity contribution in [3.8, 4) is 12.3 Å². The summed E-state index contributed by atoms with van der Waals surface area (Å²) >= 11 is 0. The van der Waals surface area contributed by atoms with Crippen LogP contribution in [-0.2, 0) is 6.42 Å². The van der Waals surface area contributed by atoms with Crippen molar-refractivity contribution < 1.29 is 4.79 Å². The van der Waals surface area contributed by atoms with Crippen molar-refractivity contribution in [2.24, 2.45) is 0 Å². The van der Waals surface area contributed by atoms with Crippen molar-refractivity contribution in [2.75, 3.05) is 6.54 Å². The summed E-state index contributed by atoms with van der Waals surface area (Å²) in [5.74, 6) is 2.44. The molecule has 0 saturated carbocycles. The van der Waals surface area contributed by atoms with Gasteiger partial charge in [0, 0.05) is 18.9 Å². The van der Waals surface area contributed by atoms with E-state index in [4.69, 9.17) is 6.42 Å². The molecule has 1 atom stereocenters. The van der Waals surface area contributed by atoms with Crippen LogP contribution in [0.5, 0.6) is 0 Å². The van der Waals surface area contributed by atoms with Crippen LogP contribution in [0.3, 0.4) is 0 Å². The van der Waals surface area contributed by atoms with E-state index in [1.807, 2.05) is 60.4 Å². The number of fused-ring (bicyclic) bond motifs is 2. The van der Waals surface area contributed by atoms with E-state index in [2.05, 4.69) is 28.1 Å². The molecule has 4 aromatic rings. The largest absolute Gasteiger partial charge is 0.330 e. The number of benzene rings is 2. The molecule has 1 aliphatic rings. The average molecular weight is 394 g/mol. The normalized spacial score (nSPS) is 14.9. The van der Waals surface area contributed by atoms with E-state index in [1.165, 1.54) is 11.1 Å². The Kier molecular flexibility index (Phi) is 5.58. The molecule has 3 heterocycles. The zero-order valence-corrected chi connectivity index (χ0v) is 16.8. The van der Waals surface area contributed by atoms with Crippen molar-refractivity contribution in [3.05, 3.63) is 102 Å². The predicted octanol–water partition coefficient (Wildman–Crippen LogP) is 4.16. The van der Waals surface area contributed by atoms with Gasteiger partial charge in [-0.15, -0.1) is 6.42 Å². The summed E-state index contributed by atoms with van der Waals surface area (Å²) in [6, 6.07) is 22.0. The van der Waals surface area contributed by atoms with Crippen molar-refractivity contribution >= 4 is 11.6 Å². The lowest BCUT2D eigenvalue weighted by Crippen LogP contribution is -2.39. The van der Waals surface area contributed by atoms with Gasteiger partial charge in [0.1, 0.15) is 5.56 Å². The van der Waals surface area contributed by atoms with Gasteiger partial charge in [0.15, 0.2) is 11.3 Å². The molecule has 0 N–H and O–H groups in total. The summed E-state index contributed by atoms with van der Waals surface area (Å²) in [7, 11) is 0. The van der Waals surface area contributed by atoms with Gasteiger partial charge >= 0.3 is 0 Å². The molecule has 0 fully saturated rings. The molecule has 1 unspecified atom stereocenters. The number of nitrogens with zero attached hydrogens (tertiary/aromatic N) is 4. The second-order valence-corrected chi connectivity index (χ2v) is 7.03. The number of hydrogen-bond donors (Lipinski definition) is 0. The van der Waals surface area contributed by atoms with E-state index in [1.54, 1.807) is 23.0 Å². The van der Waals surface area contributed by atoms with Crippen LogP contribution in [0.25, 0.3) is 5.65 Å². The van der Waals surface area contributed by atoms with Crippen molar-refractivity contribution in [3.63, 3.8) is 0 Å². The van der Waals surface area contributed by atoms with Gasteiger partial charge < -0.3 is 4.90 Å². The Morgan fingerprint density at radius 1 is 1.07 bits per heavy atom. The third kappa shape index (κ3) is 3.68. The predicted molar refractivity (Wildman–Crippen MR) is 117 cm³/mol. The SMILES string of the molecule is C#Cc1c(C(=O)N2CCc3ccccc3C2C)nn2cccnc12.c1ccccc1. The molecular weight excluding hydrogens is 372 g/mol. The quantitative estimate of drug-likeness (QED) is 0.456. The minimum Gasteiger partial charge on any atom is -0.330 e. The maximum Gasteiger partial charge on any atom is 0.276 e. The smallest absolute Gasteiger partial charge is 0.276 e. The minimum absolute atomic E-state index is 0.00848. The lowest BCUT2D eigenvalue weighted by atomic mass is 9.93. The summed E-state index contributed by atoms with van der Waals surface area (Å²) in [5.41, 5.74) is 3.76. The number of aromatic nitrogens is 3. The van der Waals surface area contributed by atoms with Crippen molar-refractivity contribution in [2.45, 2.75) is 19.4 Å². The first-order valence-electron chi connectivity index (χ1n) is 9.89. The molecule has 5 heteroatoms. The molecule has 0 aliphatic carbocycles. The van der Waals surface area contributed by atoms with Crippen LogP contribution in [0, 0.1) is 12.3 Å². The summed E-state index contributed by atoms with van der Waals surface area (Å²) < 4.78 is 1.56. The fourth-order valence-electron chi connectivity index (χ4n) is 3.74. The highest BCUT2D eigenvalue weighted by molar-refractivity contribution is 5.97. The van der Waals surface area contributed by atoms with Gasteiger partial charge in [-0.2, -0.15) is 5.10 Å². The summed E-state index contributed by atoms with van der Waals surface area (Å²) in [4.78, 5) is 19.2. The Morgan fingerprint density at radius 3 is 2.47 bits per heavy atom. The third-order valence-electron chi connectivity index (χ3n) is 5.26. The maximum absolute atomic E-state index is 13.1. The molecule has 0 radical (unpaired) electrons. The fourth-order valence-corrected chi connectivity index (χ4v) is 3.74. The Hall–Kier alpha value is -3.91. The minimum atomic E-state index is -0.143. The fraction of sp³-hybridized carbons (Fsp3) is 0.160. The molecule has 1 aliphatic heterocycles. The number of carbonyl (C=O) groups excluding carboxylic acids is 1. The van der Waals surface area contributed by atoms with Gasteiger partial charge in [0.05, 0.1) is 6.04 Å². The number of rotatable bonds is 1. The molecule has 5 rings (SSSR count). The lowest BCUT2D eigenvalue weighted by Gasteiger charge is -2.34. The Labute approximate surface area is 176 Å². The van der Waals surface area contributed by atoms with E-state index in [0.29, 0.717) is 23.4 Å².